The summed E-state index contributed by atoms with van der Waals surface area (Å²) < 4.78 is 17.2. The Labute approximate surface area is 152 Å². The lowest BCUT2D eigenvalue weighted by atomic mass is 10.0. The van der Waals surface area contributed by atoms with E-state index in [0.717, 1.165) is 34.7 Å². The van der Waals surface area contributed by atoms with Crippen LogP contribution in [-0.2, 0) is 0 Å². The normalized spacial score (nSPS) is 16.0. The van der Waals surface area contributed by atoms with Gasteiger partial charge in [0, 0.05) is 10.9 Å². The second kappa shape index (κ2) is 7.25. The molecule has 0 aliphatic carbocycles. The first-order valence-corrected chi connectivity index (χ1v) is 9.25. The molecule has 1 heterocycles. The van der Waals surface area contributed by atoms with Gasteiger partial charge in [-0.15, -0.1) is 0 Å². The van der Waals surface area contributed by atoms with Crippen molar-refractivity contribution in [1.82, 2.24) is 0 Å². The van der Waals surface area contributed by atoms with Crippen LogP contribution >= 0.6 is 21.4 Å². The molecule has 0 spiro atoms. The van der Waals surface area contributed by atoms with E-state index in [1.807, 2.05) is 24.3 Å². The molecule has 0 radical (unpaired) electrons. The van der Waals surface area contributed by atoms with Crippen LogP contribution in [0.3, 0.4) is 0 Å². The summed E-state index contributed by atoms with van der Waals surface area (Å²) in [6.45, 7) is 6.86. The molecule has 1 aliphatic rings. The largest absolute Gasteiger partial charge is 0.496 e. The van der Waals surface area contributed by atoms with Crippen molar-refractivity contribution >= 4 is 26.7 Å². The third kappa shape index (κ3) is 3.22. The minimum atomic E-state index is -0.415. The molecule has 0 fully saturated rings. The number of ether oxygens (including phenoxy) is 3. The summed E-state index contributed by atoms with van der Waals surface area (Å²) in [5.74, 6) is 2.65. The molecule has 0 unspecified atom stereocenters. The molecular weight excluding hydrogens is 339 g/mol. The first-order chi connectivity index (χ1) is 11.0. The van der Waals surface area contributed by atoms with Gasteiger partial charge in [0.1, 0.15) is 23.6 Å². The first-order valence-electron chi connectivity index (χ1n) is 7.72. The molecule has 0 N–H and O–H groups in total. The van der Waals surface area contributed by atoms with Crippen LogP contribution in [0, 0.1) is 0 Å². The summed E-state index contributed by atoms with van der Waals surface area (Å²) >= 11 is 0. The van der Waals surface area contributed by atoms with E-state index >= 15 is 0 Å². The van der Waals surface area contributed by atoms with Crippen molar-refractivity contribution in [3.05, 3.63) is 36.4 Å². The minimum Gasteiger partial charge on any atom is -0.496 e. The zero-order chi connectivity index (χ0) is 16.6. The summed E-state index contributed by atoms with van der Waals surface area (Å²) in [5.41, 5.74) is 2.17. The van der Waals surface area contributed by atoms with Gasteiger partial charge in [0.25, 0.3) is 0 Å². The molecule has 5 heteroatoms. The Hall–Kier alpha value is -1.38. The maximum Gasteiger partial charge on any atom is 0.130 e. The third-order valence-corrected chi connectivity index (χ3v) is 7.13. The lowest BCUT2D eigenvalue weighted by Crippen LogP contribution is -2.19. The number of hydrogen-bond donors (Lipinski definition) is 0. The van der Waals surface area contributed by atoms with Gasteiger partial charge in [0.05, 0.1) is 19.8 Å². The fourth-order valence-electron chi connectivity index (χ4n) is 2.96. The quantitative estimate of drug-likeness (QED) is 0.737. The lowest BCUT2D eigenvalue weighted by Gasteiger charge is -2.28. The summed E-state index contributed by atoms with van der Waals surface area (Å²) in [6, 6.07) is 12.2. The van der Waals surface area contributed by atoms with Crippen molar-refractivity contribution in [2.75, 3.05) is 20.6 Å². The van der Waals surface area contributed by atoms with Crippen molar-refractivity contribution in [3.8, 4) is 28.4 Å². The van der Waals surface area contributed by atoms with Gasteiger partial charge in [-0.05, 0) is 31.3 Å². The molecule has 0 aromatic heterocycles. The lowest BCUT2D eigenvalue weighted by molar-refractivity contribution is 0.397. The second-order valence-electron chi connectivity index (χ2n) is 6.56. The number of methoxy groups -OCH3 is 2. The monoisotopic (exact) mass is 364 g/mol. The molecule has 2 aromatic carbocycles. The van der Waals surface area contributed by atoms with Crippen LogP contribution < -0.4 is 19.5 Å². The number of hydrogen-bond acceptors (Lipinski definition) is 3. The summed E-state index contributed by atoms with van der Waals surface area (Å²) in [7, 11) is 2.98. The molecule has 0 amide bonds. The number of rotatable bonds is 3. The maximum atomic E-state index is 5.99. The highest BCUT2D eigenvalue weighted by Crippen LogP contribution is 2.56. The Morgan fingerprint density at radius 2 is 1.54 bits per heavy atom. The van der Waals surface area contributed by atoms with E-state index < -0.39 is 7.92 Å². The highest BCUT2D eigenvalue weighted by Gasteiger charge is 2.36. The van der Waals surface area contributed by atoms with Crippen molar-refractivity contribution in [2.24, 2.45) is 0 Å². The average Bonchev–Trinajstić information content (AvgIpc) is 2.98. The van der Waals surface area contributed by atoms with Gasteiger partial charge < -0.3 is 14.2 Å². The molecule has 0 saturated heterocycles. The van der Waals surface area contributed by atoms with E-state index in [4.69, 9.17) is 14.2 Å². The van der Waals surface area contributed by atoms with Gasteiger partial charge in [-0.3, -0.25) is 0 Å². The summed E-state index contributed by atoms with van der Waals surface area (Å²) in [4.78, 5) is 0. The predicted molar refractivity (Wildman–Crippen MR) is 107 cm³/mol. The highest BCUT2D eigenvalue weighted by atomic mass is 32.1. The Balaban J connectivity index is 0.00000208. The molecule has 24 heavy (non-hydrogen) atoms. The van der Waals surface area contributed by atoms with E-state index in [0.29, 0.717) is 0 Å². The van der Waals surface area contributed by atoms with E-state index in [2.05, 4.69) is 32.9 Å². The molecule has 1 aliphatic heterocycles. The Bertz CT molecular complexity index is 703. The number of benzene rings is 2. The van der Waals surface area contributed by atoms with E-state index in [1.54, 1.807) is 14.2 Å². The fraction of sp³-hybridized carbons (Fsp3) is 0.368. The van der Waals surface area contributed by atoms with Gasteiger partial charge in [0.15, 0.2) is 0 Å². The molecule has 0 saturated carbocycles. The molecular formula is C19H25O3PS. The SMILES string of the molecule is COc1cccc(OC)c1-c1cccc2c1[P@@](C(C)(C)C)CO2.S. The van der Waals surface area contributed by atoms with Crippen LogP contribution in [0.4, 0.5) is 0 Å². The standard InChI is InChI=1S/C19H23O3P.H2S/c1-19(2,3)23-12-22-16-11-6-8-13(18(16)23)17-14(20-4)9-7-10-15(17)21-5;/h6-11H,12H2,1-5H3;1H2/t23-;/m0./s1. The van der Waals surface area contributed by atoms with Crippen molar-refractivity contribution in [3.63, 3.8) is 0 Å². The van der Waals surface area contributed by atoms with Crippen molar-refractivity contribution in [1.29, 1.82) is 0 Å². The third-order valence-electron chi connectivity index (χ3n) is 4.12. The molecule has 3 nitrogen and oxygen atoms in total. The van der Waals surface area contributed by atoms with Gasteiger partial charge in [-0.2, -0.15) is 13.5 Å². The molecule has 130 valence electrons. The second-order valence-corrected chi connectivity index (χ2v) is 9.47. The highest BCUT2D eigenvalue weighted by molar-refractivity contribution is 7.67. The van der Waals surface area contributed by atoms with Gasteiger partial charge >= 0.3 is 0 Å². The minimum absolute atomic E-state index is 0. The van der Waals surface area contributed by atoms with Crippen LogP contribution in [0.15, 0.2) is 36.4 Å². The van der Waals surface area contributed by atoms with Crippen molar-refractivity contribution in [2.45, 2.75) is 25.9 Å². The summed E-state index contributed by atoms with van der Waals surface area (Å²) in [6.07, 6.45) is 0.780. The maximum absolute atomic E-state index is 5.99. The van der Waals surface area contributed by atoms with Gasteiger partial charge in [-0.25, -0.2) is 0 Å². The van der Waals surface area contributed by atoms with Crippen LogP contribution in [0.5, 0.6) is 17.2 Å². The van der Waals surface area contributed by atoms with E-state index in [-0.39, 0.29) is 18.7 Å². The molecule has 0 bridgehead atoms. The predicted octanol–water partition coefficient (Wildman–Crippen LogP) is 4.74. The average molecular weight is 364 g/mol. The van der Waals surface area contributed by atoms with Gasteiger partial charge in [0.2, 0.25) is 0 Å². The Morgan fingerprint density at radius 3 is 2.08 bits per heavy atom. The van der Waals surface area contributed by atoms with Crippen LogP contribution in [0.1, 0.15) is 20.8 Å². The molecule has 3 rings (SSSR count). The fourth-order valence-corrected chi connectivity index (χ4v) is 5.30. The topological polar surface area (TPSA) is 27.7 Å². The van der Waals surface area contributed by atoms with Crippen LogP contribution in [0.25, 0.3) is 11.1 Å². The smallest absolute Gasteiger partial charge is 0.130 e. The number of fused-ring (bicyclic) bond motifs is 1. The van der Waals surface area contributed by atoms with E-state index in [9.17, 15) is 0 Å². The first kappa shape index (κ1) is 19.0. The Morgan fingerprint density at radius 1 is 0.958 bits per heavy atom. The summed E-state index contributed by atoms with van der Waals surface area (Å²) in [5, 5.41) is 1.50. The molecule has 1 atom stereocenters. The van der Waals surface area contributed by atoms with Gasteiger partial charge in [-0.1, -0.05) is 39.0 Å². The van der Waals surface area contributed by atoms with E-state index in [1.165, 1.54) is 5.30 Å². The van der Waals surface area contributed by atoms with Crippen molar-refractivity contribution < 1.29 is 14.2 Å². The zero-order valence-corrected chi connectivity index (χ0v) is 16.7. The molecule has 2 aromatic rings. The zero-order valence-electron chi connectivity index (χ0n) is 14.8. The Kier molecular flexibility index (Phi) is 5.72. The van der Waals surface area contributed by atoms with Crippen LogP contribution in [0.2, 0.25) is 0 Å². The van der Waals surface area contributed by atoms with Crippen LogP contribution in [-0.4, -0.2) is 25.7 Å².